The van der Waals surface area contributed by atoms with Crippen molar-refractivity contribution >= 4 is 23.4 Å². The molecule has 0 radical (unpaired) electrons. The van der Waals surface area contributed by atoms with Crippen molar-refractivity contribution < 1.29 is 9.59 Å². The zero-order chi connectivity index (χ0) is 19.1. The summed E-state index contributed by atoms with van der Waals surface area (Å²) in [6.45, 7) is 3.53. The van der Waals surface area contributed by atoms with Crippen molar-refractivity contribution in [2.45, 2.75) is 25.9 Å². The molecule has 2 rings (SSSR count). The predicted octanol–water partition coefficient (Wildman–Crippen LogP) is 2.04. The molecule has 138 valence electrons. The number of nitrogens with one attached hydrogen (secondary N) is 2. The summed E-state index contributed by atoms with van der Waals surface area (Å²) in [7, 11) is 0. The molecule has 2 atom stereocenters. The maximum Gasteiger partial charge on any atom is 0.240 e. The van der Waals surface area contributed by atoms with E-state index in [0.29, 0.717) is 10.7 Å². The number of amides is 2. The van der Waals surface area contributed by atoms with E-state index in [1.807, 2.05) is 38.1 Å². The Morgan fingerprint density at radius 1 is 1.19 bits per heavy atom. The molecule has 1 aromatic heterocycles. The van der Waals surface area contributed by atoms with Crippen LogP contribution in [0.5, 0.6) is 0 Å². The van der Waals surface area contributed by atoms with Crippen molar-refractivity contribution in [2.75, 3.05) is 6.54 Å². The van der Waals surface area contributed by atoms with Gasteiger partial charge in [0.05, 0.1) is 24.3 Å². The minimum absolute atomic E-state index is 0.00853. The number of benzene rings is 1. The first-order chi connectivity index (χ1) is 12.4. The average molecular weight is 375 g/mol. The summed E-state index contributed by atoms with van der Waals surface area (Å²) in [6.07, 6.45) is 1.66. The second-order valence-corrected chi connectivity index (χ2v) is 6.73. The lowest BCUT2D eigenvalue weighted by atomic mass is 10.0. The van der Waals surface area contributed by atoms with Gasteiger partial charge in [0.2, 0.25) is 11.8 Å². The molecule has 26 heavy (non-hydrogen) atoms. The fourth-order valence-corrected chi connectivity index (χ4v) is 2.56. The molecule has 1 aromatic carbocycles. The van der Waals surface area contributed by atoms with Crippen molar-refractivity contribution in [2.24, 2.45) is 11.7 Å². The second-order valence-electron chi connectivity index (χ2n) is 6.30. The van der Waals surface area contributed by atoms with Crippen LogP contribution in [-0.4, -0.2) is 29.4 Å². The zero-order valence-electron chi connectivity index (χ0n) is 14.8. The number of hydrogen-bond donors (Lipinski definition) is 3. The zero-order valence-corrected chi connectivity index (χ0v) is 15.5. The molecule has 0 saturated carbocycles. The molecule has 1 unspecified atom stereocenters. The number of carbonyl (C=O) groups is 2. The lowest BCUT2D eigenvalue weighted by Crippen LogP contribution is -2.47. The lowest BCUT2D eigenvalue weighted by molar-refractivity contribution is -0.127. The molecule has 0 aliphatic carbocycles. The molecule has 1 heterocycles. The van der Waals surface area contributed by atoms with Crippen molar-refractivity contribution in [3.8, 4) is 0 Å². The summed E-state index contributed by atoms with van der Waals surface area (Å²) in [5, 5.41) is 6.01. The molecule has 2 amide bonds. The third kappa shape index (κ3) is 5.54. The Morgan fingerprint density at radius 3 is 2.58 bits per heavy atom. The molecular weight excluding hydrogens is 352 g/mol. The molecule has 4 N–H and O–H groups in total. The van der Waals surface area contributed by atoms with Crippen LogP contribution in [0.25, 0.3) is 0 Å². The van der Waals surface area contributed by atoms with Crippen LogP contribution in [0.15, 0.2) is 48.7 Å². The number of nitrogens with two attached hydrogens (primary N) is 1. The van der Waals surface area contributed by atoms with E-state index >= 15 is 0 Å². The summed E-state index contributed by atoms with van der Waals surface area (Å²) < 4.78 is 0. The number of nitrogens with zero attached hydrogens (tertiary/aromatic N) is 1. The van der Waals surface area contributed by atoms with E-state index in [1.54, 1.807) is 24.4 Å². The van der Waals surface area contributed by atoms with Gasteiger partial charge in [0.15, 0.2) is 0 Å². The lowest BCUT2D eigenvalue weighted by Gasteiger charge is -2.20. The van der Waals surface area contributed by atoms with Crippen molar-refractivity contribution in [1.82, 2.24) is 15.6 Å². The largest absolute Gasteiger partial charge is 0.346 e. The Labute approximate surface area is 158 Å². The molecule has 0 saturated heterocycles. The summed E-state index contributed by atoms with van der Waals surface area (Å²) in [4.78, 5) is 28.6. The third-order valence-electron chi connectivity index (χ3n) is 3.92. The highest BCUT2D eigenvalue weighted by Gasteiger charge is 2.21. The molecule has 7 heteroatoms. The number of rotatable bonds is 7. The molecule has 0 aliphatic rings. The fraction of sp³-hybridized carbons (Fsp3) is 0.316. The first-order valence-electron chi connectivity index (χ1n) is 8.37. The first kappa shape index (κ1) is 19.9. The van der Waals surface area contributed by atoms with Gasteiger partial charge in [-0.3, -0.25) is 14.6 Å². The van der Waals surface area contributed by atoms with E-state index in [-0.39, 0.29) is 24.3 Å². The van der Waals surface area contributed by atoms with Crippen LogP contribution in [0, 0.1) is 5.92 Å². The Bertz CT molecular complexity index is 752. The quantitative estimate of drug-likeness (QED) is 0.690. The van der Waals surface area contributed by atoms with E-state index in [4.69, 9.17) is 17.3 Å². The minimum atomic E-state index is -0.651. The first-order valence-corrected chi connectivity index (χ1v) is 8.75. The number of carbonyl (C=O) groups excluding carboxylic acids is 2. The van der Waals surface area contributed by atoms with Gasteiger partial charge in [-0.05, 0) is 35.7 Å². The van der Waals surface area contributed by atoms with E-state index < -0.39 is 12.1 Å². The third-order valence-corrected chi connectivity index (χ3v) is 4.15. The fourth-order valence-electron chi connectivity index (χ4n) is 2.36. The van der Waals surface area contributed by atoms with Gasteiger partial charge in [0.25, 0.3) is 0 Å². The average Bonchev–Trinajstić information content (AvgIpc) is 2.64. The molecule has 0 fully saturated rings. The smallest absolute Gasteiger partial charge is 0.240 e. The van der Waals surface area contributed by atoms with E-state index in [9.17, 15) is 9.59 Å². The van der Waals surface area contributed by atoms with Gasteiger partial charge in [0.1, 0.15) is 0 Å². The highest BCUT2D eigenvalue weighted by molar-refractivity contribution is 6.30. The Hall–Kier alpha value is -2.44. The van der Waals surface area contributed by atoms with Gasteiger partial charge in [-0.25, -0.2) is 0 Å². The van der Waals surface area contributed by atoms with Gasteiger partial charge in [-0.1, -0.05) is 43.6 Å². The Balaban J connectivity index is 2.10. The number of hydrogen-bond acceptors (Lipinski definition) is 4. The summed E-state index contributed by atoms with van der Waals surface area (Å²) in [6, 6.07) is 11.5. The van der Waals surface area contributed by atoms with E-state index in [1.165, 1.54) is 0 Å². The van der Waals surface area contributed by atoms with Gasteiger partial charge < -0.3 is 16.4 Å². The van der Waals surface area contributed by atoms with Crippen LogP contribution in [0.2, 0.25) is 5.02 Å². The molecule has 0 aliphatic heterocycles. The normalized spacial score (nSPS) is 13.1. The van der Waals surface area contributed by atoms with Gasteiger partial charge in [-0.15, -0.1) is 0 Å². The highest BCUT2D eigenvalue weighted by atomic mass is 35.5. The van der Waals surface area contributed by atoms with Gasteiger partial charge >= 0.3 is 0 Å². The Kier molecular flexibility index (Phi) is 7.12. The topological polar surface area (TPSA) is 97.1 Å². The van der Waals surface area contributed by atoms with Gasteiger partial charge in [0, 0.05) is 11.2 Å². The van der Waals surface area contributed by atoms with Crippen LogP contribution in [-0.2, 0) is 9.59 Å². The molecule has 0 bridgehead atoms. The van der Waals surface area contributed by atoms with Crippen molar-refractivity contribution in [3.05, 3.63) is 64.9 Å². The van der Waals surface area contributed by atoms with Crippen LogP contribution < -0.4 is 16.4 Å². The summed E-state index contributed by atoms with van der Waals surface area (Å²) in [5.74, 6) is -0.706. The van der Waals surface area contributed by atoms with Gasteiger partial charge in [-0.2, -0.15) is 0 Å². The van der Waals surface area contributed by atoms with Crippen LogP contribution in [0.4, 0.5) is 0 Å². The standard InChI is InChI=1S/C19H23ClN4O2/c1-12(2)17(21)19(26)23-11-16(25)24-18(15-8-3-4-9-22-15)13-6-5-7-14(20)10-13/h3-10,12,17-18H,11,21H2,1-2H3,(H,23,26)(H,24,25)/t17-,18?/m0/s1. The Morgan fingerprint density at radius 2 is 1.96 bits per heavy atom. The van der Waals surface area contributed by atoms with E-state index in [2.05, 4.69) is 15.6 Å². The van der Waals surface area contributed by atoms with Crippen molar-refractivity contribution in [1.29, 1.82) is 0 Å². The van der Waals surface area contributed by atoms with Crippen molar-refractivity contribution in [3.63, 3.8) is 0 Å². The summed E-state index contributed by atoms with van der Waals surface area (Å²) in [5.41, 5.74) is 7.25. The summed E-state index contributed by atoms with van der Waals surface area (Å²) >= 11 is 6.08. The number of halogens is 1. The predicted molar refractivity (Wildman–Crippen MR) is 101 cm³/mol. The molecule has 2 aromatic rings. The molecular formula is C19H23ClN4O2. The number of pyridine rings is 1. The number of aromatic nitrogens is 1. The monoisotopic (exact) mass is 374 g/mol. The SMILES string of the molecule is CC(C)[C@H](N)C(=O)NCC(=O)NC(c1cccc(Cl)c1)c1ccccn1. The van der Waals surface area contributed by atoms with Crippen LogP contribution in [0.3, 0.4) is 0 Å². The molecule has 0 spiro atoms. The van der Waals surface area contributed by atoms with Crippen LogP contribution >= 0.6 is 11.6 Å². The van der Waals surface area contributed by atoms with E-state index in [0.717, 1.165) is 5.56 Å². The maximum atomic E-state index is 12.4. The molecule has 6 nitrogen and oxygen atoms in total. The minimum Gasteiger partial charge on any atom is -0.346 e. The highest BCUT2D eigenvalue weighted by Crippen LogP contribution is 2.22. The maximum absolute atomic E-state index is 12.4. The van der Waals surface area contributed by atoms with Crippen LogP contribution in [0.1, 0.15) is 31.1 Å². The second kappa shape index (κ2) is 9.31.